The summed E-state index contributed by atoms with van der Waals surface area (Å²) < 4.78 is 5.01. The highest BCUT2D eigenvalue weighted by molar-refractivity contribution is 6.01. The summed E-state index contributed by atoms with van der Waals surface area (Å²) in [4.78, 5) is 33.7. The third-order valence-corrected chi connectivity index (χ3v) is 2.64. The number of carbonyl (C=O) groups is 3. The summed E-state index contributed by atoms with van der Waals surface area (Å²) in [7, 11) is 1.51. The number of rotatable bonds is 6. The molecule has 0 heterocycles. The van der Waals surface area contributed by atoms with Crippen LogP contribution in [0.2, 0.25) is 0 Å². The van der Waals surface area contributed by atoms with Gasteiger partial charge in [0.1, 0.15) is 5.75 Å². The number of carboxylic acid groups (broad SMARTS) is 1. The predicted octanol–water partition coefficient (Wildman–Crippen LogP) is 1.84. The smallest absolute Gasteiger partial charge is 0.325 e. The van der Waals surface area contributed by atoms with Crippen LogP contribution in [0.3, 0.4) is 0 Å². The minimum absolute atomic E-state index is 0.0299. The summed E-state index contributed by atoms with van der Waals surface area (Å²) in [5.74, 6) is -1.26. The lowest BCUT2D eigenvalue weighted by atomic mass is 10.0. The molecule has 0 radical (unpaired) electrons. The second-order valence-corrected chi connectivity index (χ2v) is 4.64. The van der Waals surface area contributed by atoms with Gasteiger partial charge in [-0.3, -0.25) is 14.9 Å². The summed E-state index contributed by atoms with van der Waals surface area (Å²) in [6.45, 7) is 1.63. The van der Waals surface area contributed by atoms with Crippen LogP contribution in [0.25, 0.3) is 0 Å². The average Bonchev–Trinajstić information content (AvgIpc) is 2.37. The van der Waals surface area contributed by atoms with Crippen LogP contribution in [0.15, 0.2) is 24.3 Å². The van der Waals surface area contributed by atoms with Crippen molar-refractivity contribution in [1.29, 1.82) is 0 Å². The van der Waals surface area contributed by atoms with E-state index in [1.54, 1.807) is 31.2 Å². The molecule has 0 aliphatic heterocycles. The molecule has 0 saturated heterocycles. The average molecular weight is 294 g/mol. The molecule has 0 aliphatic rings. The van der Waals surface area contributed by atoms with E-state index in [-0.39, 0.29) is 18.8 Å². The van der Waals surface area contributed by atoms with Crippen molar-refractivity contribution >= 4 is 23.6 Å². The molecule has 1 aromatic rings. The second-order valence-electron chi connectivity index (χ2n) is 4.64. The van der Waals surface area contributed by atoms with Gasteiger partial charge in [0.25, 0.3) is 0 Å². The maximum Gasteiger partial charge on any atom is 0.325 e. The Labute approximate surface area is 122 Å². The summed E-state index contributed by atoms with van der Waals surface area (Å²) in [6, 6.07) is 6.01. The van der Waals surface area contributed by atoms with Gasteiger partial charge in [-0.15, -0.1) is 0 Å². The van der Waals surface area contributed by atoms with E-state index >= 15 is 0 Å². The summed E-state index contributed by atoms with van der Waals surface area (Å²) in [5.41, 5.74) is 0.484. The van der Waals surface area contributed by atoms with Crippen LogP contribution in [-0.2, 0) is 9.59 Å². The van der Waals surface area contributed by atoms with Crippen molar-refractivity contribution in [2.24, 2.45) is 5.92 Å². The number of aliphatic carboxylic acids is 1. The van der Waals surface area contributed by atoms with Crippen molar-refractivity contribution in [1.82, 2.24) is 5.32 Å². The van der Waals surface area contributed by atoms with E-state index in [0.717, 1.165) is 0 Å². The van der Waals surface area contributed by atoms with Crippen molar-refractivity contribution in [3.8, 4) is 5.75 Å². The van der Waals surface area contributed by atoms with Crippen LogP contribution < -0.4 is 15.4 Å². The number of nitrogens with one attached hydrogen (secondary N) is 2. The van der Waals surface area contributed by atoms with Gasteiger partial charge in [-0.05, 0) is 18.1 Å². The Morgan fingerprint density at radius 1 is 1.29 bits per heavy atom. The van der Waals surface area contributed by atoms with Gasteiger partial charge >= 0.3 is 12.0 Å². The molecule has 7 nitrogen and oxygen atoms in total. The van der Waals surface area contributed by atoms with Gasteiger partial charge < -0.3 is 15.2 Å². The number of carbonyl (C=O) groups excluding carboxylic acids is 2. The van der Waals surface area contributed by atoms with Gasteiger partial charge in [-0.25, -0.2) is 4.79 Å². The van der Waals surface area contributed by atoms with E-state index in [1.807, 2.05) is 0 Å². The molecule has 0 saturated carbocycles. The number of imide groups is 1. The fraction of sp³-hybridized carbons (Fsp3) is 0.357. The van der Waals surface area contributed by atoms with E-state index in [2.05, 4.69) is 10.6 Å². The van der Waals surface area contributed by atoms with Crippen molar-refractivity contribution in [2.45, 2.75) is 19.8 Å². The highest BCUT2D eigenvalue weighted by atomic mass is 16.5. The largest absolute Gasteiger partial charge is 0.497 e. The molecular formula is C14H18N2O5. The van der Waals surface area contributed by atoms with E-state index in [9.17, 15) is 14.4 Å². The van der Waals surface area contributed by atoms with Gasteiger partial charge in [0, 0.05) is 24.6 Å². The quantitative estimate of drug-likeness (QED) is 0.742. The Morgan fingerprint density at radius 3 is 2.62 bits per heavy atom. The van der Waals surface area contributed by atoms with E-state index in [4.69, 9.17) is 9.84 Å². The maximum atomic E-state index is 11.6. The molecular weight excluding hydrogens is 276 g/mol. The number of amides is 3. The zero-order chi connectivity index (χ0) is 15.8. The normalized spacial score (nSPS) is 11.3. The minimum atomic E-state index is -0.976. The highest BCUT2D eigenvalue weighted by Gasteiger charge is 2.14. The Morgan fingerprint density at radius 2 is 2.00 bits per heavy atom. The lowest BCUT2D eigenvalue weighted by Crippen LogP contribution is -2.35. The third kappa shape index (κ3) is 6.42. The van der Waals surface area contributed by atoms with Crippen molar-refractivity contribution < 1.29 is 24.2 Å². The molecule has 1 unspecified atom stereocenters. The Hall–Kier alpha value is -2.57. The number of carboxylic acids is 1. The maximum absolute atomic E-state index is 11.6. The van der Waals surface area contributed by atoms with Crippen LogP contribution in [0, 0.1) is 5.92 Å². The Bertz CT molecular complexity index is 530. The topological polar surface area (TPSA) is 105 Å². The number of hydrogen-bond acceptors (Lipinski definition) is 4. The number of hydrogen-bond donors (Lipinski definition) is 3. The van der Waals surface area contributed by atoms with E-state index in [1.165, 1.54) is 7.11 Å². The highest BCUT2D eigenvalue weighted by Crippen LogP contribution is 2.16. The first-order valence-corrected chi connectivity index (χ1v) is 6.37. The second kappa shape index (κ2) is 7.88. The SMILES string of the molecule is COc1cccc(NC(=O)NC(=O)CC(C)CC(=O)O)c1. The molecule has 0 bridgehead atoms. The molecule has 0 aromatic heterocycles. The minimum Gasteiger partial charge on any atom is -0.497 e. The van der Waals surface area contributed by atoms with Crippen LogP contribution in [0.4, 0.5) is 10.5 Å². The number of methoxy groups -OCH3 is 1. The molecule has 1 aromatic carbocycles. The van der Waals surface area contributed by atoms with Crippen molar-refractivity contribution in [2.75, 3.05) is 12.4 Å². The molecule has 7 heteroatoms. The van der Waals surface area contributed by atoms with Crippen LogP contribution in [-0.4, -0.2) is 30.1 Å². The zero-order valence-corrected chi connectivity index (χ0v) is 11.9. The molecule has 0 fully saturated rings. The van der Waals surface area contributed by atoms with Gasteiger partial charge in [-0.1, -0.05) is 13.0 Å². The fourth-order valence-electron chi connectivity index (χ4n) is 1.73. The Balaban J connectivity index is 2.45. The first kappa shape index (κ1) is 16.5. The van der Waals surface area contributed by atoms with Crippen LogP contribution in [0.5, 0.6) is 5.75 Å². The molecule has 3 N–H and O–H groups in total. The Kier molecular flexibility index (Phi) is 6.19. The number of ether oxygens (including phenoxy) is 1. The monoisotopic (exact) mass is 294 g/mol. The van der Waals surface area contributed by atoms with E-state index < -0.39 is 17.9 Å². The molecule has 3 amide bonds. The number of benzene rings is 1. The molecule has 0 aliphatic carbocycles. The predicted molar refractivity (Wildman–Crippen MR) is 76.2 cm³/mol. The molecule has 114 valence electrons. The lowest BCUT2D eigenvalue weighted by Gasteiger charge is -2.10. The molecule has 0 spiro atoms. The van der Waals surface area contributed by atoms with E-state index in [0.29, 0.717) is 11.4 Å². The van der Waals surface area contributed by atoms with Gasteiger partial charge in [0.2, 0.25) is 5.91 Å². The standard InChI is InChI=1S/C14H18N2O5/c1-9(7-13(18)19)6-12(17)16-14(20)15-10-4-3-5-11(8-10)21-2/h3-5,8-9H,6-7H2,1-2H3,(H,18,19)(H2,15,16,17,20). The van der Waals surface area contributed by atoms with Crippen LogP contribution >= 0.6 is 0 Å². The van der Waals surface area contributed by atoms with Crippen molar-refractivity contribution in [3.63, 3.8) is 0 Å². The van der Waals surface area contributed by atoms with Gasteiger partial charge in [0.05, 0.1) is 7.11 Å². The van der Waals surface area contributed by atoms with Crippen LogP contribution in [0.1, 0.15) is 19.8 Å². The number of anilines is 1. The molecule has 1 atom stereocenters. The molecule has 21 heavy (non-hydrogen) atoms. The third-order valence-electron chi connectivity index (χ3n) is 2.64. The summed E-state index contributed by atoms with van der Waals surface area (Å²) in [6.07, 6.45) is -0.150. The lowest BCUT2D eigenvalue weighted by molar-refractivity contribution is -0.138. The van der Waals surface area contributed by atoms with Gasteiger partial charge in [0.15, 0.2) is 0 Å². The summed E-state index contributed by atoms with van der Waals surface area (Å²) in [5, 5.41) is 13.2. The first-order chi connectivity index (χ1) is 9.90. The first-order valence-electron chi connectivity index (χ1n) is 6.37. The zero-order valence-electron chi connectivity index (χ0n) is 11.9. The number of urea groups is 1. The summed E-state index contributed by atoms with van der Waals surface area (Å²) >= 11 is 0. The molecule has 1 rings (SSSR count). The fourth-order valence-corrected chi connectivity index (χ4v) is 1.73. The van der Waals surface area contributed by atoms with Gasteiger partial charge in [-0.2, -0.15) is 0 Å². The van der Waals surface area contributed by atoms with Crippen molar-refractivity contribution in [3.05, 3.63) is 24.3 Å².